The molecule has 1 spiro atoms. The van der Waals surface area contributed by atoms with Crippen LogP contribution in [0, 0.1) is 10.8 Å². The molecule has 1 aliphatic carbocycles. The second-order valence-electron chi connectivity index (χ2n) is 7.95. The first kappa shape index (κ1) is 14.3. The quantitative estimate of drug-likeness (QED) is 0.816. The van der Waals surface area contributed by atoms with E-state index in [-0.39, 0.29) is 11.5 Å². The lowest BCUT2D eigenvalue weighted by molar-refractivity contribution is 0.0832. The van der Waals surface area contributed by atoms with Gasteiger partial charge < -0.3 is 5.73 Å². The first-order chi connectivity index (χ1) is 8.34. The van der Waals surface area contributed by atoms with Crippen LogP contribution in [0.15, 0.2) is 0 Å². The van der Waals surface area contributed by atoms with Crippen molar-refractivity contribution in [2.45, 2.75) is 78.3 Å². The van der Waals surface area contributed by atoms with Crippen molar-refractivity contribution in [2.75, 3.05) is 13.1 Å². The summed E-state index contributed by atoms with van der Waals surface area (Å²) in [6, 6.07) is 0.794. The molecule has 0 aromatic rings. The van der Waals surface area contributed by atoms with Gasteiger partial charge >= 0.3 is 0 Å². The van der Waals surface area contributed by atoms with Crippen LogP contribution in [0.2, 0.25) is 0 Å². The highest BCUT2D eigenvalue weighted by atomic mass is 15.2. The van der Waals surface area contributed by atoms with E-state index in [0.29, 0.717) is 11.5 Å². The van der Waals surface area contributed by atoms with Crippen LogP contribution in [0.1, 0.15) is 66.2 Å². The average molecular weight is 252 g/mol. The zero-order chi connectivity index (χ0) is 13.4. The summed E-state index contributed by atoms with van der Waals surface area (Å²) >= 11 is 0. The summed E-state index contributed by atoms with van der Waals surface area (Å²) in [5, 5.41) is 0. The Kier molecular flexibility index (Phi) is 4.08. The maximum Gasteiger partial charge on any atom is 0.0293 e. The molecule has 2 atom stereocenters. The van der Waals surface area contributed by atoms with Crippen molar-refractivity contribution in [2.24, 2.45) is 16.6 Å². The van der Waals surface area contributed by atoms with E-state index in [1.54, 1.807) is 0 Å². The minimum absolute atomic E-state index is 0.267. The molecule has 0 amide bonds. The smallest absolute Gasteiger partial charge is 0.0293 e. The predicted molar refractivity (Wildman–Crippen MR) is 78.6 cm³/mol. The first-order valence-corrected chi connectivity index (χ1v) is 7.84. The molecule has 2 N–H and O–H groups in total. The monoisotopic (exact) mass is 252 g/mol. The van der Waals surface area contributed by atoms with Crippen LogP contribution in [-0.4, -0.2) is 30.1 Å². The maximum absolute atomic E-state index is 6.28. The van der Waals surface area contributed by atoms with Crippen LogP contribution in [0.25, 0.3) is 0 Å². The van der Waals surface area contributed by atoms with Crippen molar-refractivity contribution in [3.8, 4) is 0 Å². The van der Waals surface area contributed by atoms with E-state index in [4.69, 9.17) is 5.73 Å². The Morgan fingerprint density at radius 3 is 2.17 bits per heavy atom. The van der Waals surface area contributed by atoms with Gasteiger partial charge in [-0.2, -0.15) is 0 Å². The summed E-state index contributed by atoms with van der Waals surface area (Å²) in [5.41, 5.74) is 7.21. The molecule has 2 nitrogen and oxygen atoms in total. The fourth-order valence-corrected chi connectivity index (χ4v) is 4.59. The van der Waals surface area contributed by atoms with Crippen molar-refractivity contribution >= 4 is 0 Å². The number of rotatable bonds is 2. The molecule has 0 bridgehead atoms. The molecule has 0 aromatic carbocycles. The van der Waals surface area contributed by atoms with Crippen LogP contribution >= 0.6 is 0 Å². The fraction of sp³-hybridized carbons (Fsp3) is 1.00. The molecular weight excluding hydrogens is 220 g/mol. The summed E-state index contributed by atoms with van der Waals surface area (Å²) in [6.45, 7) is 11.8. The van der Waals surface area contributed by atoms with E-state index in [9.17, 15) is 0 Å². The molecule has 2 heteroatoms. The highest BCUT2D eigenvalue weighted by molar-refractivity contribution is 4.98. The Balaban J connectivity index is 2.06. The Hall–Kier alpha value is -0.0800. The van der Waals surface area contributed by atoms with E-state index in [0.717, 1.165) is 0 Å². The average Bonchev–Trinajstić information content (AvgIpc) is 2.60. The summed E-state index contributed by atoms with van der Waals surface area (Å²) in [4.78, 5) is 2.70. The van der Waals surface area contributed by atoms with E-state index in [1.165, 1.54) is 51.6 Å². The van der Waals surface area contributed by atoms with Gasteiger partial charge in [0.1, 0.15) is 0 Å². The van der Waals surface area contributed by atoms with Crippen molar-refractivity contribution in [3.63, 3.8) is 0 Å². The van der Waals surface area contributed by atoms with E-state index in [2.05, 4.69) is 32.6 Å². The Morgan fingerprint density at radius 2 is 1.67 bits per heavy atom. The lowest BCUT2D eigenvalue weighted by atomic mass is 9.73. The van der Waals surface area contributed by atoms with Gasteiger partial charge in [0.15, 0.2) is 0 Å². The highest BCUT2D eigenvalue weighted by Gasteiger charge is 2.44. The van der Waals surface area contributed by atoms with Gasteiger partial charge in [0.25, 0.3) is 0 Å². The fourth-order valence-electron chi connectivity index (χ4n) is 4.59. The third-order valence-corrected chi connectivity index (χ3v) is 5.16. The number of hydrogen-bond donors (Lipinski definition) is 1. The predicted octanol–water partition coefficient (Wildman–Crippen LogP) is 3.40. The molecule has 1 aliphatic heterocycles. The largest absolute Gasteiger partial charge is 0.327 e. The Morgan fingerprint density at radius 1 is 1.06 bits per heavy atom. The third-order valence-electron chi connectivity index (χ3n) is 5.16. The van der Waals surface area contributed by atoms with Crippen LogP contribution in [0.5, 0.6) is 0 Å². The molecule has 1 saturated heterocycles. The van der Waals surface area contributed by atoms with E-state index in [1.807, 2.05) is 0 Å². The summed E-state index contributed by atoms with van der Waals surface area (Å²) < 4.78 is 0. The lowest BCUT2D eigenvalue weighted by Crippen LogP contribution is -2.53. The molecule has 2 unspecified atom stereocenters. The topological polar surface area (TPSA) is 29.3 Å². The lowest BCUT2D eigenvalue weighted by Gasteiger charge is -2.42. The molecule has 1 heterocycles. The van der Waals surface area contributed by atoms with Crippen LogP contribution in [0.4, 0.5) is 0 Å². The minimum Gasteiger partial charge on any atom is -0.327 e. The van der Waals surface area contributed by atoms with Crippen LogP contribution in [-0.2, 0) is 0 Å². The number of nitrogens with zero attached hydrogens (tertiary/aromatic N) is 1. The van der Waals surface area contributed by atoms with E-state index >= 15 is 0 Å². The zero-order valence-corrected chi connectivity index (χ0v) is 12.8. The summed E-state index contributed by atoms with van der Waals surface area (Å²) in [5.74, 6) is 0. The van der Waals surface area contributed by atoms with Gasteiger partial charge in [-0.15, -0.1) is 0 Å². The molecule has 106 valence electrons. The second kappa shape index (κ2) is 5.13. The summed E-state index contributed by atoms with van der Waals surface area (Å²) in [7, 11) is 0. The molecule has 18 heavy (non-hydrogen) atoms. The number of likely N-dealkylation sites (tertiary alicyclic amines) is 1. The summed E-state index contributed by atoms with van der Waals surface area (Å²) in [6.07, 6.45) is 8.68. The van der Waals surface area contributed by atoms with Crippen molar-refractivity contribution in [3.05, 3.63) is 0 Å². The van der Waals surface area contributed by atoms with Gasteiger partial charge in [-0.05, 0) is 43.6 Å². The molecule has 0 aromatic heterocycles. The molecule has 2 aliphatic rings. The molecule has 0 radical (unpaired) electrons. The van der Waals surface area contributed by atoms with Gasteiger partial charge in [-0.3, -0.25) is 4.90 Å². The van der Waals surface area contributed by atoms with Gasteiger partial charge in [0.2, 0.25) is 0 Å². The van der Waals surface area contributed by atoms with Gasteiger partial charge in [-0.25, -0.2) is 0 Å². The third kappa shape index (κ3) is 2.91. The van der Waals surface area contributed by atoms with E-state index < -0.39 is 0 Å². The van der Waals surface area contributed by atoms with Gasteiger partial charge in [-0.1, -0.05) is 40.0 Å². The molecule has 2 rings (SSSR count). The zero-order valence-electron chi connectivity index (χ0n) is 12.8. The SMILES string of the molecule is CC(N)C(N1CCC2(CCCCC2)C1)C(C)(C)C. The van der Waals surface area contributed by atoms with Crippen molar-refractivity contribution in [1.82, 2.24) is 4.90 Å². The van der Waals surface area contributed by atoms with Crippen LogP contribution < -0.4 is 5.73 Å². The Bertz CT molecular complexity index is 271. The number of hydrogen-bond acceptors (Lipinski definition) is 2. The van der Waals surface area contributed by atoms with Crippen molar-refractivity contribution < 1.29 is 0 Å². The first-order valence-electron chi connectivity index (χ1n) is 7.84. The second-order valence-corrected chi connectivity index (χ2v) is 7.95. The van der Waals surface area contributed by atoms with Crippen molar-refractivity contribution in [1.29, 1.82) is 0 Å². The van der Waals surface area contributed by atoms with Crippen LogP contribution in [0.3, 0.4) is 0 Å². The molecule has 1 saturated carbocycles. The van der Waals surface area contributed by atoms with Gasteiger partial charge in [0, 0.05) is 18.6 Å². The maximum atomic E-state index is 6.28. The number of nitrogens with two attached hydrogens (primary N) is 1. The Labute approximate surface area is 113 Å². The highest BCUT2D eigenvalue weighted by Crippen LogP contribution is 2.45. The normalized spacial score (nSPS) is 28.5. The molecular formula is C16H32N2. The minimum atomic E-state index is 0.267. The molecule has 2 fully saturated rings. The standard InChI is InChI=1S/C16H32N2/c1-13(17)14(15(2,3)4)18-11-10-16(12-18)8-6-5-7-9-16/h13-14H,5-12,17H2,1-4H3. The van der Waals surface area contributed by atoms with Gasteiger partial charge in [0.05, 0.1) is 0 Å².